The molecule has 0 saturated heterocycles. The van der Waals surface area contributed by atoms with Gasteiger partial charge >= 0.3 is 0 Å². The summed E-state index contributed by atoms with van der Waals surface area (Å²) in [6.07, 6.45) is 0.183. The van der Waals surface area contributed by atoms with Crippen LogP contribution >= 0.6 is 11.6 Å². The topological polar surface area (TPSA) is 95.8 Å². The Bertz CT molecular complexity index is 949. The molecule has 8 nitrogen and oxygen atoms in total. The van der Waals surface area contributed by atoms with Gasteiger partial charge in [-0.15, -0.1) is 0 Å². The molecule has 1 aliphatic heterocycles. The summed E-state index contributed by atoms with van der Waals surface area (Å²) in [5.41, 5.74) is 1.61. The molecule has 0 radical (unpaired) electrons. The predicted molar refractivity (Wildman–Crippen MR) is 108 cm³/mol. The molecule has 1 heterocycles. The van der Waals surface area contributed by atoms with Gasteiger partial charge in [-0.05, 0) is 25.1 Å². The third-order valence-corrected chi connectivity index (χ3v) is 4.86. The molecule has 9 heteroatoms. The van der Waals surface area contributed by atoms with Crippen molar-refractivity contribution >= 4 is 46.2 Å². The second kappa shape index (κ2) is 7.85. The van der Waals surface area contributed by atoms with E-state index >= 15 is 0 Å². The lowest BCUT2D eigenvalue weighted by Crippen LogP contribution is -2.44. The largest absolute Gasteiger partial charge is 0.364 e. The molecule has 0 aromatic heterocycles. The number of hydrogen-bond donors (Lipinski definition) is 1. The molecule has 1 N–H and O–H groups in total. The van der Waals surface area contributed by atoms with E-state index in [4.69, 9.17) is 11.6 Å². The zero-order valence-electron chi connectivity index (χ0n) is 15.4. The van der Waals surface area contributed by atoms with Gasteiger partial charge in [-0.2, -0.15) is 0 Å². The normalized spacial score (nSPS) is 16.0. The fourth-order valence-electron chi connectivity index (χ4n) is 3.25. The molecule has 0 unspecified atom stereocenters. The number of halogens is 1. The highest BCUT2D eigenvalue weighted by Gasteiger charge is 2.30. The van der Waals surface area contributed by atoms with E-state index < -0.39 is 4.92 Å². The van der Waals surface area contributed by atoms with Gasteiger partial charge in [0.05, 0.1) is 33.6 Å². The number of hydrogen-bond acceptors (Lipinski definition) is 5. The second-order valence-electron chi connectivity index (χ2n) is 6.63. The van der Waals surface area contributed by atoms with Crippen LogP contribution in [0.3, 0.4) is 0 Å². The Hall–Kier alpha value is -3.13. The minimum atomic E-state index is -0.527. The first-order chi connectivity index (χ1) is 13.3. The number of fused-ring (bicyclic) bond motifs is 1. The first-order valence-electron chi connectivity index (χ1n) is 8.64. The first-order valence-corrected chi connectivity index (χ1v) is 9.01. The highest BCUT2D eigenvalue weighted by Crippen LogP contribution is 2.32. The zero-order valence-corrected chi connectivity index (χ0v) is 16.1. The summed E-state index contributed by atoms with van der Waals surface area (Å²) in [6.45, 7) is 1.81. The van der Waals surface area contributed by atoms with Crippen molar-refractivity contribution in [2.24, 2.45) is 0 Å². The zero-order chi connectivity index (χ0) is 20.4. The lowest BCUT2D eigenvalue weighted by Gasteiger charge is -2.30. The van der Waals surface area contributed by atoms with Crippen molar-refractivity contribution in [2.75, 3.05) is 28.7 Å². The highest BCUT2D eigenvalue weighted by atomic mass is 35.5. The number of nitro groups is 1. The van der Waals surface area contributed by atoms with Gasteiger partial charge < -0.3 is 15.1 Å². The standard InChI is InChI=1S/C19H19ClN4O4/c1-12-9-18(25)21-15-5-3-4-6-17(15)23(12)19(26)11-22(2)16-8-7-13(24(27)28)10-14(16)20/h3-8,10,12H,9,11H2,1-2H3,(H,21,25)/t12-/m0/s1. The van der Waals surface area contributed by atoms with Crippen molar-refractivity contribution in [1.29, 1.82) is 0 Å². The number of nitrogens with zero attached hydrogens (tertiary/aromatic N) is 3. The molecule has 3 rings (SSSR count). The summed E-state index contributed by atoms with van der Waals surface area (Å²) < 4.78 is 0. The average molecular weight is 403 g/mol. The maximum atomic E-state index is 13.1. The van der Waals surface area contributed by atoms with E-state index in [9.17, 15) is 19.7 Å². The molecule has 0 fully saturated rings. The fourth-order valence-corrected chi connectivity index (χ4v) is 3.57. The minimum absolute atomic E-state index is 0.00953. The molecule has 0 bridgehead atoms. The van der Waals surface area contributed by atoms with Crippen LogP contribution in [0.2, 0.25) is 5.02 Å². The van der Waals surface area contributed by atoms with Crippen LogP contribution in [0.5, 0.6) is 0 Å². The molecular formula is C19H19ClN4O4. The minimum Gasteiger partial charge on any atom is -0.364 e. The molecule has 146 valence electrons. The van der Waals surface area contributed by atoms with Crippen molar-refractivity contribution in [3.63, 3.8) is 0 Å². The Kier molecular flexibility index (Phi) is 5.51. The third kappa shape index (κ3) is 3.91. The van der Waals surface area contributed by atoms with Gasteiger partial charge in [0.25, 0.3) is 5.69 Å². The summed E-state index contributed by atoms with van der Waals surface area (Å²) in [5, 5.41) is 13.9. The van der Waals surface area contributed by atoms with Crippen LogP contribution in [0.25, 0.3) is 0 Å². The number of likely N-dealkylation sites (N-methyl/N-ethyl adjacent to an activating group) is 1. The fraction of sp³-hybridized carbons (Fsp3) is 0.263. The monoisotopic (exact) mass is 402 g/mol. The first kappa shape index (κ1) is 19.6. The third-order valence-electron chi connectivity index (χ3n) is 4.55. The lowest BCUT2D eigenvalue weighted by atomic mass is 10.1. The molecule has 2 aromatic rings. The molecule has 2 aromatic carbocycles. The van der Waals surface area contributed by atoms with E-state index in [1.54, 1.807) is 41.1 Å². The number of rotatable bonds is 4. The lowest BCUT2D eigenvalue weighted by molar-refractivity contribution is -0.384. The summed E-state index contributed by atoms with van der Waals surface area (Å²) >= 11 is 6.17. The quantitative estimate of drug-likeness (QED) is 0.624. The van der Waals surface area contributed by atoms with Crippen LogP contribution in [0, 0.1) is 10.1 Å². The molecular weight excluding hydrogens is 384 g/mol. The number of benzene rings is 2. The molecule has 1 atom stereocenters. The van der Waals surface area contributed by atoms with Gasteiger partial charge in [0.1, 0.15) is 0 Å². The van der Waals surface area contributed by atoms with Crippen molar-refractivity contribution < 1.29 is 14.5 Å². The van der Waals surface area contributed by atoms with Gasteiger partial charge in [0, 0.05) is 31.6 Å². The van der Waals surface area contributed by atoms with E-state index in [2.05, 4.69) is 5.32 Å². The van der Waals surface area contributed by atoms with Crippen molar-refractivity contribution in [3.8, 4) is 0 Å². The van der Waals surface area contributed by atoms with E-state index in [0.29, 0.717) is 17.1 Å². The molecule has 28 heavy (non-hydrogen) atoms. The van der Waals surface area contributed by atoms with Crippen molar-refractivity contribution in [1.82, 2.24) is 0 Å². The van der Waals surface area contributed by atoms with Crippen LogP contribution in [0.4, 0.5) is 22.7 Å². The summed E-state index contributed by atoms with van der Waals surface area (Å²) in [5.74, 6) is -0.365. The maximum Gasteiger partial charge on any atom is 0.271 e. The summed E-state index contributed by atoms with van der Waals surface area (Å²) in [7, 11) is 1.68. The van der Waals surface area contributed by atoms with Gasteiger partial charge in [0.15, 0.2) is 0 Å². The SMILES string of the molecule is C[C@H]1CC(=O)Nc2ccccc2N1C(=O)CN(C)c1ccc([N+](=O)[O-])cc1Cl. The second-order valence-corrected chi connectivity index (χ2v) is 7.04. The number of nitro benzene ring substituents is 1. The Morgan fingerprint density at radius 2 is 2.07 bits per heavy atom. The maximum absolute atomic E-state index is 13.1. The van der Waals surface area contributed by atoms with Crippen LogP contribution in [-0.4, -0.2) is 36.4 Å². The van der Waals surface area contributed by atoms with Crippen molar-refractivity contribution in [2.45, 2.75) is 19.4 Å². The number of amides is 2. The summed E-state index contributed by atoms with van der Waals surface area (Å²) in [4.78, 5) is 38.7. The number of anilines is 3. The Balaban J connectivity index is 1.86. The van der Waals surface area contributed by atoms with Crippen LogP contribution in [-0.2, 0) is 9.59 Å². The predicted octanol–water partition coefficient (Wildman–Crippen LogP) is 3.45. The molecule has 0 saturated carbocycles. The van der Waals surface area contributed by atoms with Crippen LogP contribution in [0.1, 0.15) is 13.3 Å². The smallest absolute Gasteiger partial charge is 0.271 e. The number of nitrogens with one attached hydrogen (secondary N) is 1. The highest BCUT2D eigenvalue weighted by molar-refractivity contribution is 6.33. The average Bonchev–Trinajstić information content (AvgIpc) is 2.75. The Labute approximate surface area is 166 Å². The number of para-hydroxylation sites is 2. The van der Waals surface area contributed by atoms with Crippen molar-refractivity contribution in [3.05, 3.63) is 57.6 Å². The molecule has 2 amide bonds. The van der Waals surface area contributed by atoms with Gasteiger partial charge in [-0.1, -0.05) is 23.7 Å². The van der Waals surface area contributed by atoms with E-state index in [1.165, 1.54) is 18.2 Å². The van der Waals surface area contributed by atoms with Gasteiger partial charge in [-0.25, -0.2) is 0 Å². The van der Waals surface area contributed by atoms with E-state index in [1.807, 2.05) is 6.92 Å². The van der Waals surface area contributed by atoms with Gasteiger partial charge in [-0.3, -0.25) is 19.7 Å². The summed E-state index contributed by atoms with van der Waals surface area (Å²) in [6, 6.07) is 10.9. The number of non-ortho nitro benzene ring substituents is 1. The number of carbonyl (C=O) groups is 2. The molecule has 0 aliphatic carbocycles. The Morgan fingerprint density at radius 1 is 1.36 bits per heavy atom. The Morgan fingerprint density at radius 3 is 2.75 bits per heavy atom. The molecule has 1 aliphatic rings. The number of carbonyl (C=O) groups excluding carboxylic acids is 2. The molecule has 0 spiro atoms. The van der Waals surface area contributed by atoms with E-state index in [-0.39, 0.29) is 41.5 Å². The van der Waals surface area contributed by atoms with Gasteiger partial charge in [0.2, 0.25) is 11.8 Å². The van der Waals surface area contributed by atoms with E-state index in [0.717, 1.165) is 0 Å². The van der Waals surface area contributed by atoms with Crippen LogP contribution in [0.15, 0.2) is 42.5 Å². The van der Waals surface area contributed by atoms with Crippen LogP contribution < -0.4 is 15.1 Å².